The first-order valence-corrected chi connectivity index (χ1v) is 9.90. The van der Waals surface area contributed by atoms with E-state index in [9.17, 15) is 4.39 Å². The molecule has 0 aliphatic rings. The van der Waals surface area contributed by atoms with E-state index < -0.39 is 0 Å². The SMILES string of the molecule is COc1ccc2c(C)cc3nn(CN(C)Cc4ccc(OC)c(F)c4)c(=S)n3c2c1. The van der Waals surface area contributed by atoms with Crippen molar-refractivity contribution < 1.29 is 13.9 Å². The number of pyridine rings is 1. The maximum absolute atomic E-state index is 14.0. The molecular weight excluding hydrogens is 403 g/mol. The number of ether oxygens (including phenoxy) is 2. The lowest BCUT2D eigenvalue weighted by Crippen LogP contribution is -2.22. The summed E-state index contributed by atoms with van der Waals surface area (Å²) in [5.74, 6) is 0.632. The van der Waals surface area contributed by atoms with Crippen LogP contribution in [0.3, 0.4) is 0 Å². The fraction of sp³-hybridized carbons (Fsp3) is 0.273. The summed E-state index contributed by atoms with van der Waals surface area (Å²) in [5, 5.41) is 5.80. The van der Waals surface area contributed by atoms with E-state index in [1.54, 1.807) is 17.9 Å². The Labute approximate surface area is 179 Å². The molecule has 4 aromatic rings. The normalized spacial score (nSPS) is 11.5. The number of hydrogen-bond acceptors (Lipinski definition) is 5. The van der Waals surface area contributed by atoms with Crippen molar-refractivity contribution >= 4 is 28.8 Å². The highest BCUT2D eigenvalue weighted by atomic mass is 32.1. The van der Waals surface area contributed by atoms with Gasteiger partial charge in [-0.3, -0.25) is 9.30 Å². The van der Waals surface area contributed by atoms with Gasteiger partial charge in [-0.25, -0.2) is 9.07 Å². The Kier molecular flexibility index (Phi) is 5.44. The molecule has 2 aromatic heterocycles. The summed E-state index contributed by atoms with van der Waals surface area (Å²) in [6.07, 6.45) is 0. The third-order valence-corrected chi connectivity index (χ3v) is 5.52. The van der Waals surface area contributed by atoms with Gasteiger partial charge in [0.15, 0.2) is 17.2 Å². The molecule has 0 saturated heterocycles. The highest BCUT2D eigenvalue weighted by Crippen LogP contribution is 2.26. The molecule has 0 unspecified atom stereocenters. The van der Waals surface area contributed by atoms with E-state index in [2.05, 4.69) is 6.92 Å². The van der Waals surface area contributed by atoms with Gasteiger partial charge in [0.2, 0.25) is 4.77 Å². The van der Waals surface area contributed by atoms with Crippen molar-refractivity contribution in [2.24, 2.45) is 0 Å². The van der Waals surface area contributed by atoms with Crippen molar-refractivity contribution in [1.82, 2.24) is 19.1 Å². The Hall–Kier alpha value is -2.97. The second kappa shape index (κ2) is 8.04. The van der Waals surface area contributed by atoms with Crippen LogP contribution in [0.2, 0.25) is 0 Å². The van der Waals surface area contributed by atoms with E-state index in [1.165, 1.54) is 13.2 Å². The van der Waals surface area contributed by atoms with Crippen LogP contribution in [0.4, 0.5) is 4.39 Å². The summed E-state index contributed by atoms with van der Waals surface area (Å²) in [5.41, 5.74) is 3.70. The van der Waals surface area contributed by atoms with E-state index in [0.717, 1.165) is 33.4 Å². The summed E-state index contributed by atoms with van der Waals surface area (Å²) in [7, 11) is 5.05. The number of halogens is 1. The maximum atomic E-state index is 14.0. The number of benzene rings is 2. The minimum atomic E-state index is -0.372. The second-order valence-electron chi connectivity index (χ2n) is 7.31. The average Bonchev–Trinajstić information content (AvgIpc) is 3.02. The zero-order valence-corrected chi connectivity index (χ0v) is 18.2. The molecule has 4 rings (SSSR count). The number of nitrogens with zero attached hydrogens (tertiary/aromatic N) is 4. The molecule has 6 nitrogen and oxygen atoms in total. The molecule has 0 aliphatic heterocycles. The largest absolute Gasteiger partial charge is 0.497 e. The minimum absolute atomic E-state index is 0.238. The Morgan fingerprint density at radius 3 is 2.60 bits per heavy atom. The van der Waals surface area contributed by atoms with Crippen LogP contribution in [0, 0.1) is 17.5 Å². The number of aryl methyl sites for hydroxylation is 1. The first-order valence-electron chi connectivity index (χ1n) is 9.49. The number of methoxy groups -OCH3 is 2. The summed E-state index contributed by atoms with van der Waals surface area (Å²) >= 11 is 5.73. The summed E-state index contributed by atoms with van der Waals surface area (Å²) in [6.45, 7) is 3.07. The van der Waals surface area contributed by atoms with Crippen LogP contribution < -0.4 is 9.47 Å². The topological polar surface area (TPSA) is 43.9 Å². The first kappa shape index (κ1) is 20.3. The lowest BCUT2D eigenvalue weighted by Gasteiger charge is -2.16. The fourth-order valence-corrected chi connectivity index (χ4v) is 3.95. The lowest BCUT2D eigenvalue weighted by molar-refractivity contribution is 0.244. The second-order valence-corrected chi connectivity index (χ2v) is 7.68. The van der Waals surface area contributed by atoms with Crippen LogP contribution in [-0.2, 0) is 13.2 Å². The van der Waals surface area contributed by atoms with Gasteiger partial charge in [0.1, 0.15) is 5.75 Å². The monoisotopic (exact) mass is 426 g/mol. The van der Waals surface area contributed by atoms with Crippen LogP contribution in [0.15, 0.2) is 42.5 Å². The third kappa shape index (κ3) is 3.64. The predicted octanol–water partition coefficient (Wildman–Crippen LogP) is 4.57. The van der Waals surface area contributed by atoms with Crippen molar-refractivity contribution in [2.45, 2.75) is 20.1 Å². The van der Waals surface area contributed by atoms with Crippen LogP contribution in [0.25, 0.3) is 16.6 Å². The molecule has 0 saturated carbocycles. The van der Waals surface area contributed by atoms with Gasteiger partial charge >= 0.3 is 0 Å². The molecule has 0 fully saturated rings. The summed E-state index contributed by atoms with van der Waals surface area (Å²) in [6, 6.07) is 13.0. The smallest absolute Gasteiger partial charge is 0.204 e. The van der Waals surface area contributed by atoms with Crippen molar-refractivity contribution in [3.63, 3.8) is 0 Å². The molecule has 0 bridgehead atoms. The number of fused-ring (bicyclic) bond motifs is 3. The predicted molar refractivity (Wildman–Crippen MR) is 117 cm³/mol. The standard InChI is InChI=1S/C22H23FN4O2S/c1-14-9-21-24-26(13-25(2)12-15-5-8-20(29-4)18(23)10-15)22(30)27(21)19-11-16(28-3)6-7-17(14)19/h5-11H,12-13H2,1-4H3. The van der Waals surface area contributed by atoms with Gasteiger partial charge < -0.3 is 9.47 Å². The van der Waals surface area contributed by atoms with Crippen LogP contribution in [0.1, 0.15) is 11.1 Å². The van der Waals surface area contributed by atoms with Crippen molar-refractivity contribution in [1.29, 1.82) is 0 Å². The fourth-order valence-electron chi connectivity index (χ4n) is 3.66. The molecule has 0 N–H and O–H groups in total. The average molecular weight is 427 g/mol. The molecule has 8 heteroatoms. The lowest BCUT2D eigenvalue weighted by atomic mass is 10.1. The van der Waals surface area contributed by atoms with E-state index in [0.29, 0.717) is 18.0 Å². The van der Waals surface area contributed by atoms with Gasteiger partial charge in [0.25, 0.3) is 0 Å². The Morgan fingerprint density at radius 1 is 1.10 bits per heavy atom. The molecule has 0 spiro atoms. The van der Waals surface area contributed by atoms with Crippen molar-refractivity contribution in [2.75, 3.05) is 21.3 Å². The molecule has 2 aromatic carbocycles. The third-order valence-electron chi connectivity index (χ3n) is 5.12. The van der Waals surface area contributed by atoms with Gasteiger partial charge in [-0.2, -0.15) is 5.10 Å². The maximum Gasteiger partial charge on any atom is 0.204 e. The van der Waals surface area contributed by atoms with Gasteiger partial charge in [-0.05, 0) is 67.6 Å². The highest BCUT2D eigenvalue weighted by Gasteiger charge is 2.13. The van der Waals surface area contributed by atoms with E-state index >= 15 is 0 Å². The van der Waals surface area contributed by atoms with Crippen LogP contribution >= 0.6 is 12.2 Å². The number of rotatable bonds is 6. The number of aromatic nitrogens is 3. The van der Waals surface area contributed by atoms with Gasteiger partial charge in [0.05, 0.1) is 26.4 Å². The molecule has 0 atom stereocenters. The zero-order valence-electron chi connectivity index (χ0n) is 17.3. The quantitative estimate of drug-likeness (QED) is 0.423. The highest BCUT2D eigenvalue weighted by molar-refractivity contribution is 7.71. The van der Waals surface area contributed by atoms with Crippen molar-refractivity contribution in [3.8, 4) is 11.5 Å². The molecule has 0 amide bonds. The van der Waals surface area contributed by atoms with Gasteiger partial charge in [0, 0.05) is 18.0 Å². The van der Waals surface area contributed by atoms with E-state index in [1.807, 2.05) is 46.7 Å². The summed E-state index contributed by atoms with van der Waals surface area (Å²) < 4.78 is 28.7. The summed E-state index contributed by atoms with van der Waals surface area (Å²) in [4.78, 5) is 2.03. The van der Waals surface area contributed by atoms with Gasteiger partial charge in [-0.15, -0.1) is 0 Å². The van der Waals surface area contributed by atoms with Crippen LogP contribution in [0.5, 0.6) is 11.5 Å². The van der Waals surface area contributed by atoms with Gasteiger partial charge in [-0.1, -0.05) is 6.07 Å². The van der Waals surface area contributed by atoms with Crippen molar-refractivity contribution in [3.05, 3.63) is 64.2 Å². The Morgan fingerprint density at radius 2 is 1.90 bits per heavy atom. The number of hydrogen-bond donors (Lipinski definition) is 0. The van der Waals surface area contributed by atoms with Crippen LogP contribution in [-0.4, -0.2) is 40.3 Å². The first-order chi connectivity index (χ1) is 14.4. The molecule has 156 valence electrons. The van der Waals surface area contributed by atoms with E-state index in [-0.39, 0.29) is 11.6 Å². The molecule has 0 radical (unpaired) electrons. The Balaban J connectivity index is 1.67. The molecule has 2 heterocycles. The molecular formula is C22H23FN4O2S. The molecule has 30 heavy (non-hydrogen) atoms. The zero-order chi connectivity index (χ0) is 21.4. The molecule has 0 aliphatic carbocycles. The minimum Gasteiger partial charge on any atom is -0.497 e. The van der Waals surface area contributed by atoms with E-state index in [4.69, 9.17) is 26.8 Å². The Bertz CT molecular complexity index is 1300.